The molecule has 226 valence electrons. The molecule has 1 atom stereocenters. The Morgan fingerprint density at radius 2 is 1.79 bits per heavy atom. The molecule has 0 aliphatic carbocycles. The van der Waals surface area contributed by atoms with Gasteiger partial charge in [-0.3, -0.25) is 19.9 Å². The third kappa shape index (κ3) is 5.88. The molecule has 3 aromatic carbocycles. The number of para-hydroxylation sites is 1. The zero-order chi connectivity index (χ0) is 31.1. The van der Waals surface area contributed by atoms with E-state index in [9.17, 15) is 36.4 Å². The van der Waals surface area contributed by atoms with Gasteiger partial charge < -0.3 is 4.74 Å². The summed E-state index contributed by atoms with van der Waals surface area (Å²) < 4.78 is 75.4. The maximum Gasteiger partial charge on any atom is 0.418 e. The summed E-state index contributed by atoms with van der Waals surface area (Å²) in [5, 5.41) is 12.8. The van der Waals surface area contributed by atoms with Crippen molar-refractivity contribution in [3.05, 3.63) is 110 Å². The Morgan fingerprint density at radius 3 is 2.44 bits per heavy atom. The van der Waals surface area contributed by atoms with Crippen molar-refractivity contribution in [2.45, 2.75) is 30.1 Å². The number of amides is 1. The number of alkyl halides is 3. The molecule has 10 nitrogen and oxygen atoms in total. The summed E-state index contributed by atoms with van der Waals surface area (Å²) in [5.41, 5.74) is -1.11. The first-order valence-corrected chi connectivity index (χ1v) is 14.7. The van der Waals surface area contributed by atoms with Gasteiger partial charge in [-0.05, 0) is 48.5 Å². The highest BCUT2D eigenvalue weighted by Gasteiger charge is 2.44. The number of nitrogens with zero attached hydrogens (tertiary/aromatic N) is 2. The van der Waals surface area contributed by atoms with Gasteiger partial charge in [-0.2, -0.15) is 17.5 Å². The fraction of sp³-hybridized carbons (Fsp3) is 0.185. The molecule has 43 heavy (non-hydrogen) atoms. The van der Waals surface area contributed by atoms with Gasteiger partial charge >= 0.3 is 6.18 Å². The smallest absolute Gasteiger partial charge is 0.418 e. The van der Waals surface area contributed by atoms with Gasteiger partial charge in [0, 0.05) is 34.3 Å². The van der Waals surface area contributed by atoms with Crippen molar-refractivity contribution in [1.29, 1.82) is 0 Å². The number of ether oxygens (including phenoxy) is 1. The van der Waals surface area contributed by atoms with Crippen LogP contribution in [0.1, 0.15) is 28.4 Å². The molecule has 1 aliphatic heterocycles. The molecule has 0 spiro atoms. The van der Waals surface area contributed by atoms with Gasteiger partial charge in [-0.25, -0.2) is 18.6 Å². The topological polar surface area (TPSA) is 134 Å². The highest BCUT2D eigenvalue weighted by atomic mass is 35.5. The summed E-state index contributed by atoms with van der Waals surface area (Å²) in [6, 6.07) is 12.5. The number of hydrogen-bond donors (Lipinski definition) is 3. The Bertz CT molecular complexity index is 1860. The number of carbonyl (C=O) groups is 1. The number of fused-ring (bicyclic) bond motifs is 1. The summed E-state index contributed by atoms with van der Waals surface area (Å²) in [7, 11) is -4.48. The summed E-state index contributed by atoms with van der Waals surface area (Å²) in [5.74, 6) is -0.968. The quantitative estimate of drug-likeness (QED) is 0.192. The maximum atomic E-state index is 13.7. The number of halogens is 5. The van der Waals surface area contributed by atoms with Crippen LogP contribution in [0.3, 0.4) is 0 Å². The Hall–Kier alpha value is -3.82. The zero-order valence-electron chi connectivity index (χ0n) is 21.7. The van der Waals surface area contributed by atoms with Crippen LogP contribution in [0.15, 0.2) is 76.4 Å². The summed E-state index contributed by atoms with van der Waals surface area (Å²) >= 11 is 12.1. The van der Waals surface area contributed by atoms with Crippen LogP contribution in [-0.4, -0.2) is 40.2 Å². The minimum Gasteiger partial charge on any atom is -0.489 e. The van der Waals surface area contributed by atoms with E-state index in [-0.39, 0.29) is 30.2 Å². The van der Waals surface area contributed by atoms with Gasteiger partial charge in [0.2, 0.25) is 10.0 Å². The van der Waals surface area contributed by atoms with Crippen LogP contribution in [0.5, 0.6) is 5.75 Å². The number of hydroxylamine groups is 1. The summed E-state index contributed by atoms with van der Waals surface area (Å²) in [6.07, 6.45) is -4.95. The van der Waals surface area contributed by atoms with Crippen LogP contribution >= 0.6 is 23.2 Å². The van der Waals surface area contributed by atoms with Gasteiger partial charge in [-0.15, -0.1) is 0 Å². The van der Waals surface area contributed by atoms with E-state index in [2.05, 4.69) is 5.10 Å². The first-order valence-electron chi connectivity index (χ1n) is 12.5. The van der Waals surface area contributed by atoms with Gasteiger partial charge in [0.05, 0.1) is 21.7 Å². The van der Waals surface area contributed by atoms with E-state index in [1.807, 2.05) is 0 Å². The lowest BCUT2D eigenvalue weighted by molar-refractivity contribution is -0.137. The largest absolute Gasteiger partial charge is 0.489 e. The number of benzene rings is 3. The summed E-state index contributed by atoms with van der Waals surface area (Å²) in [6.45, 7) is -0.269. The Morgan fingerprint density at radius 1 is 1.09 bits per heavy atom. The number of aromatic amines is 1. The molecule has 0 saturated carbocycles. The molecule has 3 N–H and O–H groups in total. The third-order valence-corrected chi connectivity index (χ3v) is 9.26. The van der Waals surface area contributed by atoms with Crippen molar-refractivity contribution in [2.75, 3.05) is 6.54 Å². The molecule has 1 aliphatic rings. The molecule has 16 heteroatoms. The second-order valence-corrected chi connectivity index (χ2v) is 12.1. The second kappa shape index (κ2) is 11.7. The zero-order valence-corrected chi connectivity index (χ0v) is 24.1. The normalized spacial score (nSPS) is 15.6. The molecule has 2 heterocycles. The lowest BCUT2D eigenvalue weighted by atomic mass is 10.0. The summed E-state index contributed by atoms with van der Waals surface area (Å²) in [4.78, 5) is 26.0. The van der Waals surface area contributed by atoms with E-state index >= 15 is 0 Å². The van der Waals surface area contributed by atoms with Crippen LogP contribution in [-0.2, 0) is 34.0 Å². The first-order chi connectivity index (χ1) is 20.3. The average molecular weight is 657 g/mol. The van der Waals surface area contributed by atoms with Crippen molar-refractivity contribution < 1.29 is 36.3 Å². The van der Waals surface area contributed by atoms with Crippen LogP contribution in [0, 0.1) is 0 Å². The van der Waals surface area contributed by atoms with Crippen LogP contribution in [0.4, 0.5) is 13.2 Å². The van der Waals surface area contributed by atoms with Crippen LogP contribution in [0.25, 0.3) is 5.69 Å². The van der Waals surface area contributed by atoms with E-state index in [1.54, 1.807) is 18.2 Å². The van der Waals surface area contributed by atoms with Gasteiger partial charge in [0.25, 0.3) is 11.5 Å². The fourth-order valence-electron chi connectivity index (χ4n) is 4.77. The molecule has 1 amide bonds. The van der Waals surface area contributed by atoms with E-state index in [0.717, 1.165) is 18.2 Å². The number of rotatable bonds is 7. The maximum absolute atomic E-state index is 13.7. The second-order valence-electron chi connectivity index (χ2n) is 9.40. The molecular weight excluding hydrogens is 636 g/mol. The Balaban J connectivity index is 1.47. The van der Waals surface area contributed by atoms with Crippen LogP contribution < -0.4 is 15.8 Å². The standard InChI is InChI=1S/C27H21Cl2F3N4O6S/c28-16-6-5-15(20(29)13-16)14-42-17-7-9-18(10-8-17)43(40,41)35-12-11-21-23(24(35)25(37)34-39)26(38)36(33-21)22-4-2-1-3-19(22)27(30,31)32/h1-10,13,24,33,39H,11-12,14H2,(H,34,37). The number of aromatic nitrogens is 2. The van der Waals surface area contributed by atoms with Crippen molar-refractivity contribution in [3.63, 3.8) is 0 Å². The van der Waals surface area contributed by atoms with E-state index < -0.39 is 50.5 Å². The number of carbonyl (C=O) groups excluding carboxylic acids is 1. The van der Waals surface area contributed by atoms with Gasteiger partial charge in [0.15, 0.2) is 0 Å². The van der Waals surface area contributed by atoms with Crippen molar-refractivity contribution in [2.24, 2.45) is 0 Å². The monoisotopic (exact) mass is 656 g/mol. The van der Waals surface area contributed by atoms with Crippen LogP contribution in [0.2, 0.25) is 10.0 Å². The van der Waals surface area contributed by atoms with E-state index in [0.29, 0.717) is 30.3 Å². The van der Waals surface area contributed by atoms with Gasteiger partial charge in [0.1, 0.15) is 18.4 Å². The fourth-order valence-corrected chi connectivity index (χ4v) is 6.79. The Kier molecular flexibility index (Phi) is 8.33. The average Bonchev–Trinajstić information content (AvgIpc) is 3.31. The van der Waals surface area contributed by atoms with E-state index in [1.165, 1.54) is 35.8 Å². The number of H-pyrrole nitrogens is 1. The molecule has 0 bridgehead atoms. The highest BCUT2D eigenvalue weighted by Crippen LogP contribution is 2.36. The van der Waals surface area contributed by atoms with Gasteiger partial charge in [-0.1, -0.05) is 41.4 Å². The third-order valence-electron chi connectivity index (χ3n) is 6.80. The predicted octanol–water partition coefficient (Wildman–Crippen LogP) is 4.86. The molecule has 1 unspecified atom stereocenters. The first kappa shape index (κ1) is 30.6. The van der Waals surface area contributed by atoms with Crippen molar-refractivity contribution in [3.8, 4) is 11.4 Å². The molecule has 5 rings (SSSR count). The number of hydrogen-bond acceptors (Lipinski definition) is 6. The number of nitrogens with one attached hydrogen (secondary N) is 2. The highest BCUT2D eigenvalue weighted by molar-refractivity contribution is 7.89. The lowest BCUT2D eigenvalue weighted by Crippen LogP contribution is -2.48. The molecule has 0 saturated heterocycles. The van der Waals surface area contributed by atoms with E-state index in [4.69, 9.17) is 27.9 Å². The number of sulfonamides is 1. The lowest BCUT2D eigenvalue weighted by Gasteiger charge is -2.32. The molecule has 4 aromatic rings. The molecule has 0 fully saturated rings. The Labute approximate surface area is 252 Å². The molecular formula is C27H21Cl2F3N4O6S. The predicted molar refractivity (Wildman–Crippen MR) is 149 cm³/mol. The SMILES string of the molecule is O=C(NO)C1c2c([nH]n(-c3ccccc3C(F)(F)F)c2=O)CCN1S(=O)(=O)c1ccc(OCc2ccc(Cl)cc2Cl)cc1. The minimum absolute atomic E-state index is 0.0478. The van der Waals surface area contributed by atoms with Crippen molar-refractivity contribution >= 4 is 39.1 Å². The molecule has 1 aromatic heterocycles. The minimum atomic E-state index is -4.81. The van der Waals surface area contributed by atoms with Crippen molar-refractivity contribution in [1.82, 2.24) is 19.6 Å². The molecule has 0 radical (unpaired) electrons.